The first-order valence-electron chi connectivity index (χ1n) is 17.9. The highest BCUT2D eigenvalue weighted by atomic mass is 16.3. The van der Waals surface area contributed by atoms with Crippen LogP contribution in [0.4, 0.5) is 0 Å². The van der Waals surface area contributed by atoms with Gasteiger partial charge in [0.2, 0.25) is 5.91 Å². The third kappa shape index (κ3) is 31.7. The Hall–Kier alpha value is -0.870. The van der Waals surface area contributed by atoms with Crippen LogP contribution in [0.2, 0.25) is 0 Å². The second-order valence-electron chi connectivity index (χ2n) is 11.6. The van der Waals surface area contributed by atoms with Gasteiger partial charge in [-0.25, -0.2) is 0 Å². The summed E-state index contributed by atoms with van der Waals surface area (Å²) >= 11 is 0. The van der Waals surface area contributed by atoms with Gasteiger partial charge in [0, 0.05) is 6.42 Å². The molecule has 0 fully saturated rings. The summed E-state index contributed by atoms with van der Waals surface area (Å²) in [5.41, 5.74) is 0. The van der Waals surface area contributed by atoms with E-state index in [0.29, 0.717) is 6.42 Å². The van der Waals surface area contributed by atoms with Crippen LogP contribution < -0.4 is 5.32 Å². The molecule has 4 heteroatoms. The van der Waals surface area contributed by atoms with Crippen molar-refractivity contribution in [3.8, 4) is 0 Å². The van der Waals surface area contributed by atoms with Crippen molar-refractivity contribution in [2.75, 3.05) is 6.61 Å². The maximum atomic E-state index is 12.2. The van der Waals surface area contributed by atoms with Crippen LogP contribution in [0, 0.1) is 0 Å². The highest BCUT2D eigenvalue weighted by molar-refractivity contribution is 5.76. The van der Waals surface area contributed by atoms with E-state index in [0.717, 1.165) is 25.7 Å². The van der Waals surface area contributed by atoms with Crippen molar-refractivity contribution in [1.82, 2.24) is 5.32 Å². The van der Waals surface area contributed by atoms with Gasteiger partial charge in [0.25, 0.3) is 0 Å². The molecule has 0 aliphatic carbocycles. The third-order valence-electron chi connectivity index (χ3n) is 7.77. The summed E-state index contributed by atoms with van der Waals surface area (Å²) in [6.45, 7) is 8.29. The van der Waals surface area contributed by atoms with Crippen molar-refractivity contribution >= 4 is 5.91 Å². The molecule has 0 saturated carbocycles. The summed E-state index contributed by atoms with van der Waals surface area (Å²) in [6, 6.07) is -0.613. The average molecular weight is 568 g/mol. The molecule has 0 aromatic rings. The molecule has 0 aliphatic rings. The lowest BCUT2D eigenvalue weighted by Gasteiger charge is -2.20. The molecule has 0 saturated heterocycles. The molecule has 0 aromatic heterocycles. The minimum absolute atomic E-state index is 0.0649. The van der Waals surface area contributed by atoms with E-state index in [1.54, 1.807) is 6.08 Å². The maximum Gasteiger partial charge on any atom is 0.220 e. The number of rotatable bonds is 30. The summed E-state index contributed by atoms with van der Waals surface area (Å²) < 4.78 is 0. The Labute approximate surface area is 251 Å². The van der Waals surface area contributed by atoms with Crippen LogP contribution in [0.15, 0.2) is 12.2 Å². The molecule has 0 rings (SSSR count). The van der Waals surface area contributed by atoms with E-state index in [1.165, 1.54) is 135 Å². The molecule has 0 bridgehead atoms. The summed E-state index contributed by atoms with van der Waals surface area (Å²) in [4.78, 5) is 12.2. The summed E-state index contributed by atoms with van der Waals surface area (Å²) in [5.74, 6) is -0.0649. The number of hydrogen-bond donors (Lipinski definition) is 3. The van der Waals surface area contributed by atoms with Crippen molar-refractivity contribution in [2.45, 2.75) is 207 Å². The normalized spacial score (nSPS) is 12.8. The molecule has 0 unspecified atom stereocenters. The van der Waals surface area contributed by atoms with Crippen molar-refractivity contribution in [3.05, 3.63) is 12.2 Å². The Morgan fingerprint density at radius 2 is 0.950 bits per heavy atom. The van der Waals surface area contributed by atoms with E-state index in [4.69, 9.17) is 0 Å². The van der Waals surface area contributed by atoms with E-state index in [9.17, 15) is 15.0 Å². The molecular weight excluding hydrogens is 494 g/mol. The third-order valence-corrected chi connectivity index (χ3v) is 7.77. The van der Waals surface area contributed by atoms with Gasteiger partial charge in [0.05, 0.1) is 18.8 Å². The van der Waals surface area contributed by atoms with Crippen LogP contribution in [-0.2, 0) is 4.79 Å². The van der Waals surface area contributed by atoms with E-state index in [2.05, 4.69) is 19.2 Å². The van der Waals surface area contributed by atoms with Crippen molar-refractivity contribution < 1.29 is 15.0 Å². The number of carbonyl (C=O) groups is 1. The number of hydrogen-bond acceptors (Lipinski definition) is 3. The summed E-state index contributed by atoms with van der Waals surface area (Å²) in [6.07, 6.45) is 35.7. The van der Waals surface area contributed by atoms with Crippen LogP contribution in [0.5, 0.6) is 0 Å². The lowest BCUT2D eigenvalue weighted by Crippen LogP contribution is -2.45. The highest BCUT2D eigenvalue weighted by Gasteiger charge is 2.17. The van der Waals surface area contributed by atoms with Gasteiger partial charge in [-0.2, -0.15) is 0 Å². The number of unbranched alkanes of at least 4 members (excludes halogenated alkanes) is 23. The first kappa shape index (κ1) is 41.3. The van der Waals surface area contributed by atoms with Crippen molar-refractivity contribution in [3.63, 3.8) is 0 Å². The zero-order valence-corrected chi connectivity index (χ0v) is 27.7. The van der Waals surface area contributed by atoms with E-state index in [1.807, 2.05) is 19.9 Å². The van der Waals surface area contributed by atoms with Crippen LogP contribution in [0.1, 0.15) is 195 Å². The van der Waals surface area contributed by atoms with E-state index >= 15 is 0 Å². The SMILES string of the molecule is CC.CCCCCCCCCCCCC/C=C/[C@@H](O)[C@H](CO)NC(=O)CCCCCCCCCCCCCCC. The molecule has 4 nitrogen and oxygen atoms in total. The molecule has 240 valence electrons. The summed E-state index contributed by atoms with van der Waals surface area (Å²) in [7, 11) is 0. The van der Waals surface area contributed by atoms with Crippen LogP contribution in [0.25, 0.3) is 0 Å². The molecule has 0 heterocycles. The molecule has 0 radical (unpaired) electrons. The highest BCUT2D eigenvalue weighted by Crippen LogP contribution is 2.14. The minimum atomic E-state index is -0.830. The molecule has 1 amide bonds. The number of amides is 1. The van der Waals surface area contributed by atoms with Gasteiger partial charge in [-0.05, 0) is 19.3 Å². The quantitative estimate of drug-likeness (QED) is 0.0597. The van der Waals surface area contributed by atoms with Crippen LogP contribution in [-0.4, -0.2) is 34.9 Å². The Kier molecular flexibility index (Phi) is 37.3. The van der Waals surface area contributed by atoms with Crippen LogP contribution in [0.3, 0.4) is 0 Å². The fraction of sp³-hybridized carbons (Fsp3) is 0.917. The largest absolute Gasteiger partial charge is 0.394 e. The van der Waals surface area contributed by atoms with Gasteiger partial charge in [-0.1, -0.05) is 181 Å². The van der Waals surface area contributed by atoms with Gasteiger partial charge in [0.15, 0.2) is 0 Å². The van der Waals surface area contributed by atoms with Gasteiger partial charge < -0.3 is 15.5 Å². The minimum Gasteiger partial charge on any atom is -0.394 e. The number of aliphatic hydroxyl groups is 2. The second-order valence-corrected chi connectivity index (χ2v) is 11.6. The monoisotopic (exact) mass is 568 g/mol. The van der Waals surface area contributed by atoms with Gasteiger partial charge >= 0.3 is 0 Å². The van der Waals surface area contributed by atoms with Gasteiger partial charge in [-0.3, -0.25) is 4.79 Å². The van der Waals surface area contributed by atoms with Crippen molar-refractivity contribution in [1.29, 1.82) is 0 Å². The molecule has 40 heavy (non-hydrogen) atoms. The Morgan fingerprint density at radius 3 is 1.32 bits per heavy atom. The molecule has 2 atom stereocenters. The average Bonchev–Trinajstić information content (AvgIpc) is 2.97. The standard InChI is InChI=1S/C34H67NO3.C2H6/c1-3-5-7-9-11-13-15-17-19-21-23-25-27-29-33(37)32(31-36)35-34(38)30-28-26-24-22-20-18-16-14-12-10-8-6-4-2;1-2/h27,29,32-33,36-37H,3-26,28,30-31H2,1-2H3,(H,35,38);1-2H3/b29-27+;/t32-,33+;/m0./s1. The first-order valence-corrected chi connectivity index (χ1v) is 17.9. The van der Waals surface area contributed by atoms with Gasteiger partial charge in [0.1, 0.15) is 0 Å². The molecular formula is C36H73NO3. The topological polar surface area (TPSA) is 69.6 Å². The Morgan fingerprint density at radius 1 is 0.600 bits per heavy atom. The molecule has 0 aromatic carbocycles. The number of allylic oxidation sites excluding steroid dienone is 1. The predicted molar refractivity (Wildman–Crippen MR) is 177 cm³/mol. The predicted octanol–water partition coefficient (Wildman–Crippen LogP) is 10.6. The lowest BCUT2D eigenvalue weighted by atomic mass is 10.0. The van der Waals surface area contributed by atoms with Crippen molar-refractivity contribution in [2.24, 2.45) is 0 Å². The number of aliphatic hydroxyl groups excluding tert-OH is 2. The fourth-order valence-corrected chi connectivity index (χ4v) is 5.12. The van der Waals surface area contributed by atoms with Gasteiger partial charge in [-0.15, -0.1) is 0 Å². The smallest absolute Gasteiger partial charge is 0.220 e. The van der Waals surface area contributed by atoms with Crippen LogP contribution >= 0.6 is 0 Å². The number of carbonyl (C=O) groups excluding carboxylic acids is 1. The summed E-state index contributed by atoms with van der Waals surface area (Å²) in [5, 5.41) is 22.8. The molecule has 0 spiro atoms. The Balaban J connectivity index is 0. The maximum absolute atomic E-state index is 12.2. The first-order chi connectivity index (χ1) is 19.7. The zero-order valence-electron chi connectivity index (χ0n) is 27.7. The fourth-order valence-electron chi connectivity index (χ4n) is 5.12. The molecule has 0 aliphatic heterocycles. The van der Waals surface area contributed by atoms with E-state index in [-0.39, 0.29) is 12.5 Å². The Bertz CT molecular complexity index is 508. The lowest BCUT2D eigenvalue weighted by molar-refractivity contribution is -0.123. The zero-order chi connectivity index (χ0) is 29.9. The number of nitrogens with one attached hydrogen (secondary N) is 1. The van der Waals surface area contributed by atoms with E-state index < -0.39 is 12.1 Å². The second kappa shape index (κ2) is 36.2. The molecule has 3 N–H and O–H groups in total.